The molecule has 0 saturated carbocycles. The van der Waals surface area contributed by atoms with E-state index in [9.17, 15) is 8.78 Å². The number of nitrogens with zero attached hydrogens (tertiary/aromatic N) is 1. The minimum absolute atomic E-state index is 0.0818. The molecule has 0 aliphatic rings. The molecule has 2 rings (SSSR count). The fourth-order valence-corrected chi connectivity index (χ4v) is 2.35. The van der Waals surface area contributed by atoms with Crippen LogP contribution < -0.4 is 5.73 Å². The average molecular weight is 280 g/mol. The monoisotopic (exact) mass is 280 g/mol. The molecule has 1 aromatic carbocycles. The molecule has 2 nitrogen and oxygen atoms in total. The highest BCUT2D eigenvalue weighted by Gasteiger charge is 2.08. The molecule has 1 atom stereocenters. The van der Waals surface area contributed by atoms with Crippen LogP contribution in [0.15, 0.2) is 46.3 Å². The maximum Gasteiger partial charge on any atom is 0.140 e. The maximum atomic E-state index is 13.5. The molecule has 1 aromatic heterocycles. The molecule has 0 unspecified atom stereocenters. The van der Waals surface area contributed by atoms with Gasteiger partial charge in [-0.2, -0.15) is 0 Å². The fourth-order valence-electron chi connectivity index (χ4n) is 1.57. The van der Waals surface area contributed by atoms with Gasteiger partial charge >= 0.3 is 0 Å². The van der Waals surface area contributed by atoms with Gasteiger partial charge in [0.25, 0.3) is 0 Å². The van der Waals surface area contributed by atoms with Crippen molar-refractivity contribution in [1.82, 2.24) is 4.98 Å². The van der Waals surface area contributed by atoms with Crippen LogP contribution in [-0.4, -0.2) is 4.98 Å². The average Bonchev–Trinajstić information content (AvgIpc) is 2.42. The predicted molar refractivity (Wildman–Crippen MR) is 71.9 cm³/mol. The van der Waals surface area contributed by atoms with E-state index < -0.39 is 11.6 Å². The SMILES string of the molecule is CC[C@@H](N)c1ccc(Sc2ccc(F)cc2F)cn1. The lowest BCUT2D eigenvalue weighted by Crippen LogP contribution is -2.10. The zero-order valence-corrected chi connectivity index (χ0v) is 11.3. The van der Waals surface area contributed by atoms with Gasteiger partial charge in [0.05, 0.1) is 5.69 Å². The Balaban J connectivity index is 2.15. The lowest BCUT2D eigenvalue weighted by molar-refractivity contribution is 0.565. The summed E-state index contributed by atoms with van der Waals surface area (Å²) in [5, 5.41) is 0. The van der Waals surface area contributed by atoms with Crippen LogP contribution in [0.4, 0.5) is 8.78 Å². The molecule has 1 heterocycles. The second kappa shape index (κ2) is 6.12. The van der Waals surface area contributed by atoms with E-state index in [0.29, 0.717) is 4.90 Å². The Bertz CT molecular complexity index is 558. The summed E-state index contributed by atoms with van der Waals surface area (Å²) in [6, 6.07) is 7.11. The molecule has 0 spiro atoms. The molecule has 0 fully saturated rings. The maximum absolute atomic E-state index is 13.5. The van der Waals surface area contributed by atoms with Crippen molar-refractivity contribution in [2.75, 3.05) is 0 Å². The van der Waals surface area contributed by atoms with Crippen molar-refractivity contribution in [3.05, 3.63) is 53.9 Å². The third kappa shape index (κ3) is 3.52. The zero-order valence-electron chi connectivity index (χ0n) is 10.4. The van der Waals surface area contributed by atoms with Crippen molar-refractivity contribution in [2.45, 2.75) is 29.2 Å². The first-order chi connectivity index (χ1) is 9.10. The van der Waals surface area contributed by atoms with Crippen LogP contribution in [0.2, 0.25) is 0 Å². The van der Waals surface area contributed by atoms with E-state index in [-0.39, 0.29) is 6.04 Å². The third-order valence-electron chi connectivity index (χ3n) is 2.70. The second-order valence-electron chi connectivity index (χ2n) is 4.11. The number of hydrogen-bond donors (Lipinski definition) is 1. The second-order valence-corrected chi connectivity index (χ2v) is 5.23. The van der Waals surface area contributed by atoms with Crippen molar-refractivity contribution in [3.63, 3.8) is 0 Å². The van der Waals surface area contributed by atoms with Gasteiger partial charge in [0.2, 0.25) is 0 Å². The van der Waals surface area contributed by atoms with Gasteiger partial charge in [-0.1, -0.05) is 18.7 Å². The molecule has 100 valence electrons. The minimum atomic E-state index is -0.579. The molecule has 19 heavy (non-hydrogen) atoms. The smallest absolute Gasteiger partial charge is 0.140 e. The van der Waals surface area contributed by atoms with Gasteiger partial charge in [-0.15, -0.1) is 0 Å². The number of pyridine rings is 1. The molecule has 2 N–H and O–H groups in total. The van der Waals surface area contributed by atoms with Crippen molar-refractivity contribution in [1.29, 1.82) is 0 Å². The number of halogens is 2. The molecular formula is C14H14F2N2S. The lowest BCUT2D eigenvalue weighted by atomic mass is 10.1. The molecule has 0 amide bonds. The van der Waals surface area contributed by atoms with Crippen molar-refractivity contribution in [2.24, 2.45) is 5.73 Å². The number of hydrogen-bond acceptors (Lipinski definition) is 3. The van der Waals surface area contributed by atoms with Gasteiger partial charge in [0, 0.05) is 28.1 Å². The third-order valence-corrected chi connectivity index (χ3v) is 3.73. The summed E-state index contributed by atoms with van der Waals surface area (Å²) < 4.78 is 26.3. The standard InChI is InChI=1S/C14H14F2N2S/c1-2-12(17)13-5-4-10(8-18-13)19-14-6-3-9(15)7-11(14)16/h3-8,12H,2,17H2,1H3/t12-/m1/s1. The van der Waals surface area contributed by atoms with Crippen LogP contribution in [0, 0.1) is 11.6 Å². The summed E-state index contributed by atoms with van der Waals surface area (Å²) in [4.78, 5) is 5.41. The largest absolute Gasteiger partial charge is 0.323 e. The molecule has 2 aromatic rings. The Hall–Kier alpha value is -1.46. The number of nitrogens with two attached hydrogens (primary N) is 1. The quantitative estimate of drug-likeness (QED) is 0.922. The Morgan fingerprint density at radius 1 is 1.26 bits per heavy atom. The molecule has 0 radical (unpaired) electrons. The van der Waals surface area contributed by atoms with E-state index in [1.54, 1.807) is 6.20 Å². The van der Waals surface area contributed by atoms with E-state index in [4.69, 9.17) is 5.73 Å². The molecule has 0 bridgehead atoms. The van der Waals surface area contributed by atoms with Crippen molar-refractivity contribution >= 4 is 11.8 Å². The number of rotatable bonds is 4. The van der Waals surface area contributed by atoms with Crippen LogP contribution >= 0.6 is 11.8 Å². The summed E-state index contributed by atoms with van der Waals surface area (Å²) in [5.41, 5.74) is 6.68. The summed E-state index contributed by atoms with van der Waals surface area (Å²) >= 11 is 1.21. The van der Waals surface area contributed by atoms with E-state index in [2.05, 4.69) is 4.98 Å². The highest BCUT2D eigenvalue weighted by Crippen LogP contribution is 2.30. The van der Waals surface area contributed by atoms with Gasteiger partial charge in [0.1, 0.15) is 11.6 Å². The Morgan fingerprint density at radius 2 is 2.05 bits per heavy atom. The predicted octanol–water partition coefficient (Wildman–Crippen LogP) is 3.92. The highest BCUT2D eigenvalue weighted by atomic mass is 32.2. The van der Waals surface area contributed by atoms with Crippen LogP contribution in [0.3, 0.4) is 0 Å². The summed E-state index contributed by atoms with van der Waals surface area (Å²) in [6.45, 7) is 1.99. The minimum Gasteiger partial charge on any atom is -0.323 e. The van der Waals surface area contributed by atoms with E-state index in [1.807, 2.05) is 19.1 Å². The van der Waals surface area contributed by atoms with Gasteiger partial charge in [-0.25, -0.2) is 8.78 Å². The molecular weight excluding hydrogens is 266 g/mol. The van der Waals surface area contributed by atoms with E-state index in [1.165, 1.54) is 23.9 Å². The Labute approximate surface area is 115 Å². The molecule has 0 saturated heterocycles. The first-order valence-electron chi connectivity index (χ1n) is 5.94. The van der Waals surface area contributed by atoms with Crippen LogP contribution in [0.5, 0.6) is 0 Å². The first-order valence-corrected chi connectivity index (χ1v) is 6.76. The summed E-state index contributed by atoms with van der Waals surface area (Å²) in [6.07, 6.45) is 2.46. The van der Waals surface area contributed by atoms with E-state index >= 15 is 0 Å². The van der Waals surface area contributed by atoms with Crippen LogP contribution in [0.1, 0.15) is 25.1 Å². The van der Waals surface area contributed by atoms with Crippen molar-refractivity contribution in [3.8, 4) is 0 Å². The summed E-state index contributed by atoms with van der Waals surface area (Å²) in [7, 11) is 0. The normalized spacial score (nSPS) is 12.4. The topological polar surface area (TPSA) is 38.9 Å². The van der Waals surface area contributed by atoms with Gasteiger partial charge in [0.15, 0.2) is 0 Å². The fraction of sp³-hybridized carbons (Fsp3) is 0.214. The highest BCUT2D eigenvalue weighted by molar-refractivity contribution is 7.99. The first kappa shape index (κ1) is 14.0. The van der Waals surface area contributed by atoms with Gasteiger partial charge in [-0.05, 0) is 30.7 Å². The van der Waals surface area contributed by atoms with Gasteiger partial charge < -0.3 is 5.73 Å². The molecule has 5 heteroatoms. The van der Waals surface area contributed by atoms with Crippen LogP contribution in [-0.2, 0) is 0 Å². The van der Waals surface area contributed by atoms with Crippen LogP contribution in [0.25, 0.3) is 0 Å². The number of aromatic nitrogens is 1. The molecule has 0 aliphatic carbocycles. The lowest BCUT2D eigenvalue weighted by Gasteiger charge is -2.08. The number of benzene rings is 1. The van der Waals surface area contributed by atoms with Crippen molar-refractivity contribution < 1.29 is 8.78 Å². The Morgan fingerprint density at radius 3 is 2.63 bits per heavy atom. The van der Waals surface area contributed by atoms with E-state index in [0.717, 1.165) is 23.1 Å². The van der Waals surface area contributed by atoms with Gasteiger partial charge in [-0.3, -0.25) is 4.98 Å². The Kier molecular flexibility index (Phi) is 4.50. The molecule has 0 aliphatic heterocycles. The zero-order chi connectivity index (χ0) is 13.8. The summed E-state index contributed by atoms with van der Waals surface area (Å²) in [5.74, 6) is -1.15.